The maximum atomic E-state index is 9.60. The molecule has 1 heterocycles. The number of aliphatic hydroxyl groups is 1. The Hall–Kier alpha value is -0.380. The van der Waals surface area contributed by atoms with Crippen molar-refractivity contribution in [1.29, 1.82) is 0 Å². The topological polar surface area (TPSA) is 32.3 Å². The highest BCUT2D eigenvalue weighted by Gasteiger charge is 2.33. The molecule has 102 valence electrons. The Balaban J connectivity index is 1.89. The van der Waals surface area contributed by atoms with Crippen molar-refractivity contribution in [3.8, 4) is 0 Å². The molecule has 1 unspecified atom stereocenters. The van der Waals surface area contributed by atoms with E-state index < -0.39 is 0 Å². The van der Waals surface area contributed by atoms with Crippen molar-refractivity contribution in [1.82, 2.24) is 5.32 Å². The molecule has 1 aromatic heterocycles. The molecule has 1 aliphatic rings. The summed E-state index contributed by atoms with van der Waals surface area (Å²) in [5, 5.41) is 13.2. The second-order valence-corrected chi connectivity index (χ2v) is 6.83. The largest absolute Gasteiger partial charge is 0.396 e. The Morgan fingerprint density at radius 3 is 2.67 bits per heavy atom. The average molecular weight is 267 g/mol. The molecule has 0 aliphatic heterocycles. The van der Waals surface area contributed by atoms with E-state index >= 15 is 0 Å². The lowest BCUT2D eigenvalue weighted by Crippen LogP contribution is -2.36. The molecule has 2 N–H and O–H groups in total. The molecule has 0 bridgehead atoms. The molecule has 1 atom stereocenters. The summed E-state index contributed by atoms with van der Waals surface area (Å²) in [4.78, 5) is 2.87. The van der Waals surface area contributed by atoms with Gasteiger partial charge in [0.05, 0.1) is 0 Å². The van der Waals surface area contributed by atoms with Gasteiger partial charge in [-0.1, -0.05) is 19.8 Å². The number of aliphatic hydroxyl groups excluding tert-OH is 1. The number of aryl methyl sites for hydroxylation is 1. The van der Waals surface area contributed by atoms with Crippen molar-refractivity contribution in [3.05, 3.63) is 21.9 Å². The second-order valence-electron chi connectivity index (χ2n) is 5.63. The number of nitrogens with one attached hydrogen (secondary N) is 1. The monoisotopic (exact) mass is 267 g/mol. The molecule has 18 heavy (non-hydrogen) atoms. The van der Waals surface area contributed by atoms with Crippen molar-refractivity contribution in [2.24, 2.45) is 5.41 Å². The number of hydrogen-bond acceptors (Lipinski definition) is 3. The highest BCUT2D eigenvalue weighted by molar-refractivity contribution is 7.12. The van der Waals surface area contributed by atoms with Crippen LogP contribution in [0, 0.1) is 5.41 Å². The molecule has 1 fully saturated rings. The Bertz CT molecular complexity index is 368. The third kappa shape index (κ3) is 3.14. The van der Waals surface area contributed by atoms with Crippen LogP contribution in [0.3, 0.4) is 0 Å². The van der Waals surface area contributed by atoms with E-state index in [-0.39, 0.29) is 5.41 Å². The van der Waals surface area contributed by atoms with Crippen LogP contribution in [0.1, 0.15) is 55.3 Å². The number of thiophene rings is 1. The van der Waals surface area contributed by atoms with E-state index in [1.165, 1.54) is 35.4 Å². The molecule has 0 aromatic carbocycles. The molecule has 1 aromatic rings. The highest BCUT2D eigenvalue weighted by Crippen LogP contribution is 2.37. The van der Waals surface area contributed by atoms with Crippen molar-refractivity contribution < 1.29 is 5.11 Å². The average Bonchev–Trinajstić information content (AvgIpc) is 3.05. The molecule has 2 rings (SSSR count). The maximum absolute atomic E-state index is 9.60. The normalized spacial score (nSPS) is 20.2. The van der Waals surface area contributed by atoms with Crippen molar-refractivity contribution in [2.75, 3.05) is 13.2 Å². The van der Waals surface area contributed by atoms with E-state index in [0.717, 1.165) is 13.0 Å². The maximum Gasteiger partial charge on any atom is 0.0499 e. The van der Waals surface area contributed by atoms with Gasteiger partial charge in [-0.3, -0.25) is 0 Å². The lowest BCUT2D eigenvalue weighted by molar-refractivity contribution is 0.125. The summed E-state index contributed by atoms with van der Waals surface area (Å²) in [7, 11) is 0. The molecule has 0 spiro atoms. The summed E-state index contributed by atoms with van der Waals surface area (Å²) in [6.07, 6.45) is 6.02. The van der Waals surface area contributed by atoms with Gasteiger partial charge in [-0.05, 0) is 38.3 Å². The third-order valence-electron chi connectivity index (χ3n) is 4.24. The van der Waals surface area contributed by atoms with Crippen molar-refractivity contribution in [3.63, 3.8) is 0 Å². The van der Waals surface area contributed by atoms with Gasteiger partial charge in [0.2, 0.25) is 0 Å². The predicted molar refractivity (Wildman–Crippen MR) is 78.1 cm³/mol. The minimum Gasteiger partial charge on any atom is -0.396 e. The van der Waals surface area contributed by atoms with Crippen LogP contribution in [0.25, 0.3) is 0 Å². The van der Waals surface area contributed by atoms with Crippen LogP contribution >= 0.6 is 11.3 Å². The standard InChI is InChI=1S/C15H25NOS/c1-3-13-6-7-14(18-13)12(2)16-10-15(11-17)8-4-5-9-15/h6-7,12,16-17H,3-5,8-11H2,1-2H3. The van der Waals surface area contributed by atoms with E-state index in [2.05, 4.69) is 31.3 Å². The van der Waals surface area contributed by atoms with Gasteiger partial charge in [-0.15, -0.1) is 11.3 Å². The summed E-state index contributed by atoms with van der Waals surface area (Å²) in [6, 6.07) is 4.87. The molecule has 2 nitrogen and oxygen atoms in total. The molecule has 0 amide bonds. The fourth-order valence-corrected chi connectivity index (χ4v) is 3.78. The van der Waals surface area contributed by atoms with Crippen molar-refractivity contribution in [2.45, 2.75) is 52.0 Å². The first-order valence-corrected chi connectivity index (χ1v) is 7.93. The first-order valence-electron chi connectivity index (χ1n) is 7.12. The van der Waals surface area contributed by atoms with Crippen LogP contribution in [-0.2, 0) is 6.42 Å². The zero-order valence-electron chi connectivity index (χ0n) is 11.5. The SMILES string of the molecule is CCc1ccc(C(C)NCC2(CO)CCCC2)s1. The van der Waals surface area contributed by atoms with Gasteiger partial charge in [-0.2, -0.15) is 0 Å². The number of hydrogen-bond donors (Lipinski definition) is 2. The summed E-state index contributed by atoms with van der Waals surface area (Å²) < 4.78 is 0. The van der Waals surface area contributed by atoms with Crippen LogP contribution in [0.15, 0.2) is 12.1 Å². The first-order chi connectivity index (χ1) is 8.69. The molecule has 1 saturated carbocycles. The molecule has 1 aliphatic carbocycles. The summed E-state index contributed by atoms with van der Waals surface area (Å²) in [5.74, 6) is 0. The van der Waals surface area contributed by atoms with Crippen LogP contribution < -0.4 is 5.32 Å². The van der Waals surface area contributed by atoms with E-state index in [1.807, 2.05) is 11.3 Å². The van der Waals surface area contributed by atoms with Crippen LogP contribution in [0.4, 0.5) is 0 Å². The fourth-order valence-electron chi connectivity index (χ4n) is 2.80. The molecule has 0 saturated heterocycles. The molecular formula is C15H25NOS. The Labute approximate surface area is 114 Å². The van der Waals surface area contributed by atoms with Crippen LogP contribution in [0.2, 0.25) is 0 Å². The fraction of sp³-hybridized carbons (Fsp3) is 0.733. The lowest BCUT2D eigenvalue weighted by Gasteiger charge is -2.28. The summed E-state index contributed by atoms with van der Waals surface area (Å²) in [6.45, 7) is 5.71. The van der Waals surface area contributed by atoms with Gasteiger partial charge in [0, 0.05) is 34.4 Å². The van der Waals surface area contributed by atoms with Gasteiger partial charge in [0.25, 0.3) is 0 Å². The first kappa shape index (κ1) is 14.0. The minimum absolute atomic E-state index is 0.152. The summed E-state index contributed by atoms with van der Waals surface area (Å²) in [5.41, 5.74) is 0.152. The Morgan fingerprint density at radius 2 is 2.11 bits per heavy atom. The summed E-state index contributed by atoms with van der Waals surface area (Å²) >= 11 is 1.90. The van der Waals surface area contributed by atoms with Gasteiger partial charge in [-0.25, -0.2) is 0 Å². The van der Waals surface area contributed by atoms with Gasteiger partial charge in [0.15, 0.2) is 0 Å². The third-order valence-corrected chi connectivity index (χ3v) is 5.65. The second kappa shape index (κ2) is 6.18. The quantitative estimate of drug-likeness (QED) is 0.826. The van der Waals surface area contributed by atoms with Gasteiger partial charge >= 0.3 is 0 Å². The Morgan fingerprint density at radius 1 is 1.39 bits per heavy atom. The minimum atomic E-state index is 0.152. The number of rotatable bonds is 6. The van der Waals surface area contributed by atoms with Crippen LogP contribution in [-0.4, -0.2) is 18.3 Å². The smallest absolute Gasteiger partial charge is 0.0499 e. The van der Waals surface area contributed by atoms with Gasteiger partial charge in [0.1, 0.15) is 0 Å². The zero-order valence-corrected chi connectivity index (χ0v) is 12.4. The Kier molecular flexibility index (Phi) is 4.82. The van der Waals surface area contributed by atoms with Crippen molar-refractivity contribution >= 4 is 11.3 Å². The molecule has 0 radical (unpaired) electrons. The lowest BCUT2D eigenvalue weighted by atomic mass is 9.87. The van der Waals surface area contributed by atoms with E-state index in [9.17, 15) is 5.11 Å². The van der Waals surface area contributed by atoms with E-state index in [1.54, 1.807) is 0 Å². The zero-order chi connectivity index (χ0) is 13.0. The predicted octanol–water partition coefficient (Wildman–Crippen LogP) is 3.51. The molecular weight excluding hydrogens is 242 g/mol. The van der Waals surface area contributed by atoms with E-state index in [4.69, 9.17) is 0 Å². The highest BCUT2D eigenvalue weighted by atomic mass is 32.1. The van der Waals surface area contributed by atoms with E-state index in [0.29, 0.717) is 12.6 Å². The van der Waals surface area contributed by atoms with Gasteiger partial charge < -0.3 is 10.4 Å². The van der Waals surface area contributed by atoms with Crippen LogP contribution in [0.5, 0.6) is 0 Å². The molecule has 3 heteroatoms.